The van der Waals surface area contributed by atoms with Crippen molar-refractivity contribution < 1.29 is 0 Å². The Labute approximate surface area is 99.1 Å². The Morgan fingerprint density at radius 1 is 1.00 bits per heavy atom. The quantitative estimate of drug-likeness (QED) is 0.754. The van der Waals surface area contributed by atoms with Crippen LogP contribution in [0.15, 0.2) is 53.0 Å². The fourth-order valence-electron chi connectivity index (χ4n) is 1.68. The molecular weight excluding hydrogens is 248 g/mol. The lowest BCUT2D eigenvalue weighted by atomic mass is 10.0. The van der Waals surface area contributed by atoms with Crippen molar-refractivity contribution in [2.75, 3.05) is 0 Å². The highest BCUT2D eigenvalue weighted by Crippen LogP contribution is 2.19. The molecule has 0 atom stereocenters. The molecule has 76 valence electrons. The van der Waals surface area contributed by atoms with Gasteiger partial charge in [0.1, 0.15) is 0 Å². The number of halogens is 1. The van der Waals surface area contributed by atoms with Crippen molar-refractivity contribution in [2.24, 2.45) is 0 Å². The van der Waals surface area contributed by atoms with Gasteiger partial charge in [0, 0.05) is 4.47 Å². The first-order valence-corrected chi connectivity index (χ1v) is 5.84. The number of benzene rings is 2. The molecule has 0 unspecified atom stereocenters. The minimum Gasteiger partial charge on any atom is -0.0619 e. The van der Waals surface area contributed by atoms with Crippen molar-refractivity contribution in [3.05, 3.63) is 69.7 Å². The Balaban J connectivity index is 2.26. The van der Waals surface area contributed by atoms with Crippen molar-refractivity contribution in [3.63, 3.8) is 0 Å². The summed E-state index contributed by atoms with van der Waals surface area (Å²) in [5.74, 6) is 0. The first-order chi connectivity index (χ1) is 7.25. The standard InChI is InChI=1S/C14H13Br/c1-11-5-4-6-12(9-11)10-13-7-2-3-8-14(13)15/h2-9H,10H2,1H3. The summed E-state index contributed by atoms with van der Waals surface area (Å²) in [4.78, 5) is 0. The smallest absolute Gasteiger partial charge is 0.0210 e. The van der Waals surface area contributed by atoms with Crippen LogP contribution in [0.2, 0.25) is 0 Å². The van der Waals surface area contributed by atoms with Gasteiger partial charge in [0.15, 0.2) is 0 Å². The molecule has 2 aromatic carbocycles. The molecule has 0 aromatic heterocycles. The van der Waals surface area contributed by atoms with Gasteiger partial charge in [-0.1, -0.05) is 64.0 Å². The van der Waals surface area contributed by atoms with E-state index in [0.717, 1.165) is 6.42 Å². The van der Waals surface area contributed by atoms with Gasteiger partial charge in [0.2, 0.25) is 0 Å². The third-order valence-electron chi connectivity index (χ3n) is 2.43. The molecule has 15 heavy (non-hydrogen) atoms. The van der Waals surface area contributed by atoms with E-state index in [1.54, 1.807) is 0 Å². The van der Waals surface area contributed by atoms with Gasteiger partial charge in [-0.3, -0.25) is 0 Å². The topological polar surface area (TPSA) is 0 Å². The summed E-state index contributed by atoms with van der Waals surface area (Å²) < 4.78 is 1.19. The van der Waals surface area contributed by atoms with Gasteiger partial charge in [0.05, 0.1) is 0 Å². The molecule has 1 heteroatoms. The molecule has 0 bridgehead atoms. The summed E-state index contributed by atoms with van der Waals surface area (Å²) in [6, 6.07) is 17.0. The SMILES string of the molecule is Cc1cccc(Cc2ccccc2Br)c1. The van der Waals surface area contributed by atoms with E-state index in [0.29, 0.717) is 0 Å². The summed E-state index contributed by atoms with van der Waals surface area (Å²) in [6.07, 6.45) is 0.989. The van der Waals surface area contributed by atoms with Crippen molar-refractivity contribution >= 4 is 15.9 Å². The largest absolute Gasteiger partial charge is 0.0619 e. The van der Waals surface area contributed by atoms with E-state index < -0.39 is 0 Å². The van der Waals surface area contributed by atoms with Crippen LogP contribution in [0, 0.1) is 6.92 Å². The lowest BCUT2D eigenvalue weighted by Crippen LogP contribution is -1.89. The average Bonchev–Trinajstić information content (AvgIpc) is 2.22. The van der Waals surface area contributed by atoms with Crippen molar-refractivity contribution in [1.29, 1.82) is 0 Å². The van der Waals surface area contributed by atoms with Crippen LogP contribution >= 0.6 is 15.9 Å². The van der Waals surface area contributed by atoms with Crippen LogP contribution in [0.5, 0.6) is 0 Å². The molecule has 0 spiro atoms. The van der Waals surface area contributed by atoms with Crippen molar-refractivity contribution in [1.82, 2.24) is 0 Å². The Bertz CT molecular complexity index is 460. The molecule has 0 nitrogen and oxygen atoms in total. The van der Waals surface area contributed by atoms with E-state index in [2.05, 4.69) is 65.3 Å². The molecule has 0 saturated carbocycles. The first kappa shape index (κ1) is 10.4. The summed E-state index contributed by atoms with van der Waals surface area (Å²) >= 11 is 3.57. The van der Waals surface area contributed by atoms with Crippen LogP contribution in [0.4, 0.5) is 0 Å². The third kappa shape index (κ3) is 2.69. The zero-order valence-electron chi connectivity index (χ0n) is 8.70. The van der Waals surface area contributed by atoms with Crippen LogP contribution in [0.1, 0.15) is 16.7 Å². The summed E-state index contributed by atoms with van der Waals surface area (Å²) in [5, 5.41) is 0. The summed E-state index contributed by atoms with van der Waals surface area (Å²) in [7, 11) is 0. The highest BCUT2D eigenvalue weighted by Gasteiger charge is 2.00. The summed E-state index contributed by atoms with van der Waals surface area (Å²) in [5.41, 5.74) is 4.02. The van der Waals surface area contributed by atoms with Gasteiger partial charge in [-0.15, -0.1) is 0 Å². The van der Waals surface area contributed by atoms with Gasteiger partial charge in [0.25, 0.3) is 0 Å². The van der Waals surface area contributed by atoms with E-state index in [1.807, 2.05) is 6.07 Å². The second-order valence-corrected chi connectivity index (χ2v) is 4.61. The van der Waals surface area contributed by atoms with Crippen LogP contribution in [0.3, 0.4) is 0 Å². The lowest BCUT2D eigenvalue weighted by molar-refractivity contribution is 1.17. The third-order valence-corrected chi connectivity index (χ3v) is 3.21. The normalized spacial score (nSPS) is 10.3. The molecule has 0 saturated heterocycles. The van der Waals surface area contributed by atoms with E-state index in [9.17, 15) is 0 Å². The fourth-order valence-corrected chi connectivity index (χ4v) is 2.11. The lowest BCUT2D eigenvalue weighted by Gasteiger charge is -2.05. The number of hydrogen-bond donors (Lipinski definition) is 0. The minimum atomic E-state index is 0.989. The van der Waals surface area contributed by atoms with E-state index in [1.165, 1.54) is 21.2 Å². The molecule has 0 aliphatic heterocycles. The van der Waals surface area contributed by atoms with Crippen molar-refractivity contribution in [3.8, 4) is 0 Å². The van der Waals surface area contributed by atoms with Gasteiger partial charge < -0.3 is 0 Å². The second kappa shape index (κ2) is 4.63. The maximum Gasteiger partial charge on any atom is 0.0210 e. The predicted octanol–water partition coefficient (Wildman–Crippen LogP) is 4.35. The maximum absolute atomic E-state index is 3.57. The maximum atomic E-state index is 3.57. The number of rotatable bonds is 2. The summed E-state index contributed by atoms with van der Waals surface area (Å²) in [6.45, 7) is 2.13. The van der Waals surface area contributed by atoms with Crippen molar-refractivity contribution in [2.45, 2.75) is 13.3 Å². The monoisotopic (exact) mass is 260 g/mol. The van der Waals surface area contributed by atoms with Crippen LogP contribution in [-0.4, -0.2) is 0 Å². The van der Waals surface area contributed by atoms with E-state index in [4.69, 9.17) is 0 Å². The zero-order chi connectivity index (χ0) is 10.7. The Kier molecular flexibility index (Phi) is 3.22. The molecule has 0 amide bonds. The van der Waals surface area contributed by atoms with Crippen LogP contribution in [0.25, 0.3) is 0 Å². The molecule has 2 rings (SSSR count). The number of aryl methyl sites for hydroxylation is 1. The predicted molar refractivity (Wildman–Crippen MR) is 68.1 cm³/mol. The minimum absolute atomic E-state index is 0.989. The zero-order valence-corrected chi connectivity index (χ0v) is 10.3. The van der Waals surface area contributed by atoms with Gasteiger partial charge in [-0.25, -0.2) is 0 Å². The molecule has 0 aliphatic rings. The first-order valence-electron chi connectivity index (χ1n) is 5.04. The van der Waals surface area contributed by atoms with Crippen LogP contribution in [-0.2, 0) is 6.42 Å². The van der Waals surface area contributed by atoms with E-state index >= 15 is 0 Å². The molecule has 0 heterocycles. The average molecular weight is 261 g/mol. The van der Waals surface area contributed by atoms with Crippen LogP contribution < -0.4 is 0 Å². The highest BCUT2D eigenvalue weighted by atomic mass is 79.9. The fraction of sp³-hybridized carbons (Fsp3) is 0.143. The second-order valence-electron chi connectivity index (χ2n) is 3.76. The molecule has 0 aliphatic carbocycles. The molecule has 0 N–H and O–H groups in total. The molecule has 0 radical (unpaired) electrons. The van der Waals surface area contributed by atoms with Gasteiger partial charge >= 0.3 is 0 Å². The molecular formula is C14H13Br. The Hall–Kier alpha value is -1.08. The number of hydrogen-bond acceptors (Lipinski definition) is 0. The van der Waals surface area contributed by atoms with Gasteiger partial charge in [-0.2, -0.15) is 0 Å². The van der Waals surface area contributed by atoms with Gasteiger partial charge in [-0.05, 0) is 30.5 Å². The molecule has 0 fully saturated rings. The Morgan fingerprint density at radius 3 is 2.53 bits per heavy atom. The van der Waals surface area contributed by atoms with E-state index in [-0.39, 0.29) is 0 Å². The Morgan fingerprint density at radius 2 is 1.80 bits per heavy atom. The highest BCUT2D eigenvalue weighted by molar-refractivity contribution is 9.10. The molecule has 2 aromatic rings.